The van der Waals surface area contributed by atoms with Gasteiger partial charge in [0.2, 0.25) is 0 Å². The average Bonchev–Trinajstić information content (AvgIpc) is 3.29. The minimum Gasteiger partial charge on any atom is -0.396 e. The fraction of sp³-hybridized carbons (Fsp3) is 0.588. The van der Waals surface area contributed by atoms with E-state index in [1.807, 2.05) is 24.3 Å². The number of amides is 2. The van der Waals surface area contributed by atoms with Gasteiger partial charge in [-0.25, -0.2) is 4.79 Å². The van der Waals surface area contributed by atoms with Crippen molar-refractivity contribution in [1.82, 2.24) is 10.6 Å². The van der Waals surface area contributed by atoms with E-state index < -0.39 is 0 Å². The lowest BCUT2D eigenvalue weighted by Gasteiger charge is -2.18. The molecule has 1 aromatic rings. The van der Waals surface area contributed by atoms with Crippen molar-refractivity contribution in [3.05, 3.63) is 29.8 Å². The molecular formula is C17H27N3O2. The minimum absolute atomic E-state index is 0.126. The third kappa shape index (κ3) is 5.66. The Balaban J connectivity index is 1.78. The highest BCUT2D eigenvalue weighted by atomic mass is 16.3. The molecule has 2 atom stereocenters. The van der Waals surface area contributed by atoms with Crippen LogP contribution in [0.2, 0.25) is 0 Å². The standard InChI is InChI=1S/C17H27N3O2/c1-12(9-10-21)11-18-13(2)14-3-5-15(6-4-14)19-17(22)20-16-7-8-16/h3-6,12-13,16,18,21H,7-11H2,1-2H3,(H2,19,20,22). The van der Waals surface area contributed by atoms with Crippen molar-refractivity contribution < 1.29 is 9.90 Å². The molecule has 5 heteroatoms. The number of benzene rings is 1. The number of carbonyl (C=O) groups excluding carboxylic acids is 1. The molecule has 1 aliphatic carbocycles. The first-order chi connectivity index (χ1) is 10.6. The van der Waals surface area contributed by atoms with Crippen molar-refractivity contribution in [2.75, 3.05) is 18.5 Å². The molecule has 2 amide bonds. The molecule has 0 heterocycles. The zero-order valence-electron chi connectivity index (χ0n) is 13.4. The third-order valence-corrected chi connectivity index (χ3v) is 3.98. The molecule has 122 valence electrons. The summed E-state index contributed by atoms with van der Waals surface area (Å²) in [5.74, 6) is 0.458. The molecule has 4 N–H and O–H groups in total. The molecule has 1 fully saturated rings. The summed E-state index contributed by atoms with van der Waals surface area (Å²) in [6.07, 6.45) is 2.99. The van der Waals surface area contributed by atoms with Crippen LogP contribution >= 0.6 is 0 Å². The van der Waals surface area contributed by atoms with E-state index in [9.17, 15) is 4.79 Å². The topological polar surface area (TPSA) is 73.4 Å². The number of nitrogens with one attached hydrogen (secondary N) is 3. The number of anilines is 1. The Morgan fingerprint density at radius 2 is 1.95 bits per heavy atom. The van der Waals surface area contributed by atoms with Crippen LogP contribution in [0, 0.1) is 5.92 Å². The van der Waals surface area contributed by atoms with Gasteiger partial charge < -0.3 is 21.1 Å². The summed E-state index contributed by atoms with van der Waals surface area (Å²) in [5.41, 5.74) is 1.99. The van der Waals surface area contributed by atoms with E-state index >= 15 is 0 Å². The van der Waals surface area contributed by atoms with Crippen LogP contribution in [-0.4, -0.2) is 30.3 Å². The van der Waals surface area contributed by atoms with E-state index in [-0.39, 0.29) is 18.7 Å². The van der Waals surface area contributed by atoms with Crippen LogP contribution in [0.5, 0.6) is 0 Å². The van der Waals surface area contributed by atoms with E-state index in [0.29, 0.717) is 12.0 Å². The van der Waals surface area contributed by atoms with Crippen LogP contribution < -0.4 is 16.0 Å². The Hall–Kier alpha value is -1.59. The zero-order chi connectivity index (χ0) is 15.9. The minimum atomic E-state index is -0.126. The predicted molar refractivity (Wildman–Crippen MR) is 88.9 cm³/mol. The molecule has 0 spiro atoms. The number of aliphatic hydroxyl groups is 1. The Morgan fingerprint density at radius 3 is 2.55 bits per heavy atom. The smallest absolute Gasteiger partial charge is 0.319 e. The summed E-state index contributed by atoms with van der Waals surface area (Å²) in [6, 6.07) is 8.40. The summed E-state index contributed by atoms with van der Waals surface area (Å²) < 4.78 is 0. The van der Waals surface area contributed by atoms with Crippen molar-refractivity contribution in [2.45, 2.75) is 45.2 Å². The quantitative estimate of drug-likeness (QED) is 0.596. The maximum atomic E-state index is 11.7. The SMILES string of the molecule is CC(CCO)CNC(C)c1ccc(NC(=O)NC2CC2)cc1. The number of hydrogen-bond acceptors (Lipinski definition) is 3. The number of aliphatic hydroxyl groups excluding tert-OH is 1. The molecule has 0 aromatic heterocycles. The molecule has 1 aliphatic rings. The van der Waals surface area contributed by atoms with E-state index in [4.69, 9.17) is 5.11 Å². The number of urea groups is 1. The van der Waals surface area contributed by atoms with E-state index in [0.717, 1.165) is 31.5 Å². The maximum Gasteiger partial charge on any atom is 0.319 e. The molecule has 0 aliphatic heterocycles. The molecule has 2 unspecified atom stereocenters. The van der Waals surface area contributed by atoms with Gasteiger partial charge in [0.1, 0.15) is 0 Å². The van der Waals surface area contributed by atoms with Crippen LogP contribution in [0.1, 0.15) is 44.7 Å². The normalized spacial score (nSPS) is 16.9. The summed E-state index contributed by atoms with van der Waals surface area (Å²) in [5, 5.41) is 18.1. The first-order valence-corrected chi connectivity index (χ1v) is 8.10. The third-order valence-electron chi connectivity index (χ3n) is 3.98. The van der Waals surface area contributed by atoms with Crippen LogP contribution in [0.3, 0.4) is 0 Å². The van der Waals surface area contributed by atoms with Gasteiger partial charge in [0.15, 0.2) is 0 Å². The van der Waals surface area contributed by atoms with Gasteiger partial charge in [0.25, 0.3) is 0 Å². The number of hydrogen-bond donors (Lipinski definition) is 4. The highest BCUT2D eigenvalue weighted by molar-refractivity contribution is 5.89. The second kappa shape index (κ2) is 8.15. The van der Waals surface area contributed by atoms with Crippen LogP contribution in [-0.2, 0) is 0 Å². The lowest BCUT2D eigenvalue weighted by atomic mass is 10.1. The second-order valence-corrected chi connectivity index (χ2v) is 6.24. The Morgan fingerprint density at radius 1 is 1.27 bits per heavy atom. The van der Waals surface area contributed by atoms with Crippen molar-refractivity contribution in [3.8, 4) is 0 Å². The second-order valence-electron chi connectivity index (χ2n) is 6.24. The Labute approximate surface area is 132 Å². The Bertz CT molecular complexity index is 471. The van der Waals surface area contributed by atoms with E-state index in [1.165, 1.54) is 5.56 Å². The Kier molecular flexibility index (Phi) is 6.21. The fourth-order valence-electron chi connectivity index (χ4n) is 2.25. The van der Waals surface area contributed by atoms with Gasteiger partial charge in [-0.15, -0.1) is 0 Å². The summed E-state index contributed by atoms with van der Waals surface area (Å²) in [6.45, 7) is 5.36. The predicted octanol–water partition coefficient (Wildman–Crippen LogP) is 2.64. The highest BCUT2D eigenvalue weighted by Gasteiger charge is 2.23. The molecule has 5 nitrogen and oxygen atoms in total. The number of carbonyl (C=O) groups is 1. The lowest BCUT2D eigenvalue weighted by molar-refractivity contribution is 0.251. The van der Waals surface area contributed by atoms with Gasteiger partial charge in [0.05, 0.1) is 0 Å². The van der Waals surface area contributed by atoms with Crippen LogP contribution in [0.4, 0.5) is 10.5 Å². The molecular weight excluding hydrogens is 278 g/mol. The summed E-state index contributed by atoms with van der Waals surface area (Å²) in [7, 11) is 0. The van der Waals surface area contributed by atoms with Crippen molar-refractivity contribution in [1.29, 1.82) is 0 Å². The van der Waals surface area contributed by atoms with Gasteiger partial charge in [-0.2, -0.15) is 0 Å². The van der Waals surface area contributed by atoms with Crippen molar-refractivity contribution in [3.63, 3.8) is 0 Å². The first kappa shape index (κ1) is 16.8. The van der Waals surface area contributed by atoms with Gasteiger partial charge in [0, 0.05) is 24.4 Å². The average molecular weight is 305 g/mol. The van der Waals surface area contributed by atoms with Gasteiger partial charge in [-0.1, -0.05) is 19.1 Å². The largest absolute Gasteiger partial charge is 0.396 e. The fourth-order valence-corrected chi connectivity index (χ4v) is 2.25. The first-order valence-electron chi connectivity index (χ1n) is 8.10. The van der Waals surface area contributed by atoms with Crippen molar-refractivity contribution >= 4 is 11.7 Å². The van der Waals surface area contributed by atoms with Gasteiger partial charge in [-0.3, -0.25) is 0 Å². The molecule has 0 radical (unpaired) electrons. The summed E-state index contributed by atoms with van der Waals surface area (Å²) in [4.78, 5) is 11.7. The molecule has 1 aromatic carbocycles. The lowest BCUT2D eigenvalue weighted by Crippen LogP contribution is -2.30. The molecule has 0 bridgehead atoms. The van der Waals surface area contributed by atoms with Crippen molar-refractivity contribution in [2.24, 2.45) is 5.92 Å². The molecule has 1 saturated carbocycles. The highest BCUT2D eigenvalue weighted by Crippen LogP contribution is 2.19. The van der Waals surface area contributed by atoms with E-state index in [2.05, 4.69) is 29.8 Å². The summed E-state index contributed by atoms with van der Waals surface area (Å²) >= 11 is 0. The zero-order valence-corrected chi connectivity index (χ0v) is 13.4. The van der Waals surface area contributed by atoms with Crippen LogP contribution in [0.15, 0.2) is 24.3 Å². The van der Waals surface area contributed by atoms with E-state index in [1.54, 1.807) is 0 Å². The van der Waals surface area contributed by atoms with Crippen LogP contribution in [0.25, 0.3) is 0 Å². The molecule has 0 saturated heterocycles. The van der Waals surface area contributed by atoms with Gasteiger partial charge in [-0.05, 0) is 56.3 Å². The molecule has 22 heavy (non-hydrogen) atoms. The molecule has 2 rings (SSSR count). The monoisotopic (exact) mass is 305 g/mol. The van der Waals surface area contributed by atoms with Gasteiger partial charge >= 0.3 is 6.03 Å². The number of rotatable bonds is 8. The maximum absolute atomic E-state index is 11.7.